The Morgan fingerprint density at radius 2 is 1.72 bits per heavy atom. The standard InChI is InChI=1S/C12H4IN5/c13-10-1-2-11(8(3-10)4-14)18-12(7-17)9(5-15)6-16/h1-3,18H. The molecule has 1 N–H and O–H groups in total. The molecular weight excluding hydrogens is 341 g/mol. The van der Waals surface area contributed by atoms with E-state index >= 15 is 0 Å². The average molecular weight is 345 g/mol. The minimum absolute atomic E-state index is 0.169. The summed E-state index contributed by atoms with van der Waals surface area (Å²) in [5.74, 6) is 0. The van der Waals surface area contributed by atoms with E-state index in [4.69, 9.17) is 21.0 Å². The summed E-state index contributed by atoms with van der Waals surface area (Å²) in [6.07, 6.45) is 0. The predicted octanol–water partition coefficient (Wildman–Crippen LogP) is 2.40. The number of benzene rings is 1. The van der Waals surface area contributed by atoms with Crippen LogP contribution in [0.15, 0.2) is 29.5 Å². The number of anilines is 1. The van der Waals surface area contributed by atoms with Gasteiger partial charge in [0.2, 0.25) is 0 Å². The Morgan fingerprint density at radius 3 is 2.22 bits per heavy atom. The summed E-state index contributed by atoms with van der Waals surface area (Å²) < 4.78 is 0.873. The molecule has 0 radical (unpaired) electrons. The van der Waals surface area contributed by atoms with Crippen molar-refractivity contribution in [3.05, 3.63) is 38.6 Å². The van der Waals surface area contributed by atoms with Crippen molar-refractivity contribution in [2.24, 2.45) is 0 Å². The molecule has 0 amide bonds. The Labute approximate surface area is 117 Å². The van der Waals surface area contributed by atoms with Crippen molar-refractivity contribution in [1.82, 2.24) is 0 Å². The van der Waals surface area contributed by atoms with E-state index in [1.165, 1.54) is 0 Å². The van der Waals surface area contributed by atoms with Crippen LogP contribution in [0.2, 0.25) is 0 Å². The molecule has 84 valence electrons. The minimum atomic E-state index is -0.320. The van der Waals surface area contributed by atoms with Crippen molar-refractivity contribution in [2.45, 2.75) is 0 Å². The van der Waals surface area contributed by atoms with Crippen LogP contribution in [0.4, 0.5) is 5.69 Å². The van der Waals surface area contributed by atoms with E-state index in [2.05, 4.69) is 27.9 Å². The van der Waals surface area contributed by atoms with Gasteiger partial charge < -0.3 is 5.32 Å². The molecule has 0 aromatic heterocycles. The number of allylic oxidation sites excluding steroid dienone is 2. The van der Waals surface area contributed by atoms with Crippen LogP contribution in [0.1, 0.15) is 5.56 Å². The van der Waals surface area contributed by atoms with Crippen LogP contribution in [0, 0.1) is 48.9 Å². The first-order chi connectivity index (χ1) is 8.65. The van der Waals surface area contributed by atoms with Crippen LogP contribution >= 0.6 is 22.6 Å². The zero-order valence-corrected chi connectivity index (χ0v) is 11.1. The molecule has 0 saturated heterocycles. The summed E-state index contributed by atoms with van der Waals surface area (Å²) in [6, 6.07) is 11.9. The van der Waals surface area contributed by atoms with Gasteiger partial charge in [-0.2, -0.15) is 21.0 Å². The molecule has 1 aromatic rings. The third-order valence-corrected chi connectivity index (χ3v) is 2.62. The lowest BCUT2D eigenvalue weighted by Gasteiger charge is -2.06. The molecule has 0 aliphatic rings. The Balaban J connectivity index is 3.26. The minimum Gasteiger partial charge on any atom is -0.344 e. The van der Waals surface area contributed by atoms with Gasteiger partial charge in [-0.1, -0.05) is 0 Å². The van der Waals surface area contributed by atoms with Crippen LogP contribution in [0.5, 0.6) is 0 Å². The molecule has 0 aliphatic carbocycles. The third kappa shape index (κ3) is 2.98. The molecule has 0 unspecified atom stereocenters. The van der Waals surface area contributed by atoms with Gasteiger partial charge in [0.1, 0.15) is 30.0 Å². The number of nitrogens with zero attached hydrogens (tertiary/aromatic N) is 4. The predicted molar refractivity (Wildman–Crippen MR) is 71.4 cm³/mol. The van der Waals surface area contributed by atoms with Gasteiger partial charge in [-0.05, 0) is 40.8 Å². The molecule has 0 bridgehead atoms. The highest BCUT2D eigenvalue weighted by Gasteiger charge is 2.09. The number of nitriles is 4. The van der Waals surface area contributed by atoms with Crippen molar-refractivity contribution in [3.63, 3.8) is 0 Å². The summed E-state index contributed by atoms with van der Waals surface area (Å²) in [5, 5.41) is 37.8. The molecule has 5 nitrogen and oxygen atoms in total. The van der Waals surface area contributed by atoms with Crippen molar-refractivity contribution in [3.8, 4) is 24.3 Å². The van der Waals surface area contributed by atoms with Crippen LogP contribution in [-0.4, -0.2) is 0 Å². The van der Waals surface area contributed by atoms with Crippen molar-refractivity contribution in [2.75, 3.05) is 5.32 Å². The van der Waals surface area contributed by atoms with Gasteiger partial charge in [-0.25, -0.2) is 0 Å². The van der Waals surface area contributed by atoms with Crippen LogP contribution in [0.25, 0.3) is 0 Å². The fourth-order valence-electron chi connectivity index (χ4n) is 1.14. The molecule has 18 heavy (non-hydrogen) atoms. The van der Waals surface area contributed by atoms with Gasteiger partial charge in [0.05, 0.1) is 11.3 Å². The summed E-state index contributed by atoms with van der Waals surface area (Å²) in [5.41, 5.74) is 0.236. The number of hydrogen-bond acceptors (Lipinski definition) is 5. The van der Waals surface area contributed by atoms with E-state index in [-0.39, 0.29) is 11.3 Å². The molecule has 0 saturated carbocycles. The Bertz CT molecular complexity index is 660. The van der Waals surface area contributed by atoms with Gasteiger partial charge in [-0.3, -0.25) is 0 Å². The maximum absolute atomic E-state index is 8.96. The third-order valence-electron chi connectivity index (χ3n) is 1.95. The average Bonchev–Trinajstić information content (AvgIpc) is 2.40. The lowest BCUT2D eigenvalue weighted by Crippen LogP contribution is -2.02. The van der Waals surface area contributed by atoms with Gasteiger partial charge in [0, 0.05) is 3.57 Å². The number of hydrogen-bond donors (Lipinski definition) is 1. The normalized spacial score (nSPS) is 8.06. The molecule has 0 aliphatic heterocycles. The van der Waals surface area contributed by atoms with E-state index in [0.717, 1.165) is 3.57 Å². The van der Waals surface area contributed by atoms with Gasteiger partial charge in [0.25, 0.3) is 0 Å². The largest absolute Gasteiger partial charge is 0.344 e. The smallest absolute Gasteiger partial charge is 0.163 e. The van der Waals surface area contributed by atoms with E-state index in [0.29, 0.717) is 11.3 Å². The quantitative estimate of drug-likeness (QED) is 0.654. The first-order valence-corrected chi connectivity index (χ1v) is 5.65. The van der Waals surface area contributed by atoms with Gasteiger partial charge >= 0.3 is 0 Å². The fraction of sp³-hybridized carbons (Fsp3) is 0. The van der Waals surface area contributed by atoms with Crippen LogP contribution in [-0.2, 0) is 0 Å². The van der Waals surface area contributed by atoms with E-state index < -0.39 is 0 Å². The Morgan fingerprint density at radius 1 is 1.06 bits per heavy atom. The first-order valence-electron chi connectivity index (χ1n) is 4.57. The van der Waals surface area contributed by atoms with Crippen LogP contribution in [0.3, 0.4) is 0 Å². The highest BCUT2D eigenvalue weighted by molar-refractivity contribution is 14.1. The summed E-state index contributed by atoms with van der Waals surface area (Å²) >= 11 is 2.06. The van der Waals surface area contributed by atoms with Gasteiger partial charge in [-0.15, -0.1) is 0 Å². The first kappa shape index (κ1) is 13.5. The molecule has 0 atom stereocenters. The number of nitrogens with one attached hydrogen (secondary N) is 1. The lowest BCUT2D eigenvalue weighted by atomic mass is 10.1. The highest BCUT2D eigenvalue weighted by atomic mass is 127. The maximum Gasteiger partial charge on any atom is 0.163 e. The molecule has 0 fully saturated rings. The lowest BCUT2D eigenvalue weighted by molar-refractivity contribution is 1.36. The molecule has 0 spiro atoms. The van der Waals surface area contributed by atoms with Crippen molar-refractivity contribution < 1.29 is 0 Å². The maximum atomic E-state index is 8.96. The SMILES string of the molecule is N#CC(C#N)=C(C#N)Nc1ccc(I)cc1C#N. The second-order valence-electron chi connectivity index (χ2n) is 3.01. The molecular formula is C12H4IN5. The number of rotatable bonds is 2. The molecule has 1 rings (SSSR count). The van der Waals surface area contributed by atoms with E-state index in [1.54, 1.807) is 36.4 Å². The summed E-state index contributed by atoms with van der Waals surface area (Å²) in [4.78, 5) is 0. The Kier molecular flexibility index (Phi) is 4.69. The van der Waals surface area contributed by atoms with Crippen molar-refractivity contribution in [1.29, 1.82) is 21.0 Å². The second-order valence-corrected chi connectivity index (χ2v) is 4.26. The summed E-state index contributed by atoms with van der Waals surface area (Å²) in [6.45, 7) is 0. The topological polar surface area (TPSA) is 107 Å². The van der Waals surface area contributed by atoms with Crippen LogP contribution < -0.4 is 5.32 Å². The monoisotopic (exact) mass is 345 g/mol. The zero-order valence-electron chi connectivity index (χ0n) is 8.90. The Hall–Kier alpha value is -2.55. The summed E-state index contributed by atoms with van der Waals surface area (Å²) in [7, 11) is 0. The number of halogens is 1. The molecule has 1 aromatic carbocycles. The molecule has 0 heterocycles. The zero-order chi connectivity index (χ0) is 13.5. The molecule has 6 heteroatoms. The van der Waals surface area contributed by atoms with Crippen molar-refractivity contribution >= 4 is 28.3 Å². The van der Waals surface area contributed by atoms with Gasteiger partial charge in [0.15, 0.2) is 5.57 Å². The fourth-order valence-corrected chi connectivity index (χ4v) is 1.63. The second kappa shape index (κ2) is 6.25. The van der Waals surface area contributed by atoms with E-state index in [9.17, 15) is 0 Å². The van der Waals surface area contributed by atoms with E-state index in [1.807, 2.05) is 6.07 Å². The highest BCUT2D eigenvalue weighted by Crippen LogP contribution is 2.20.